The lowest BCUT2D eigenvalue weighted by Crippen LogP contribution is -2.22. The summed E-state index contributed by atoms with van der Waals surface area (Å²) in [6.07, 6.45) is 1.94. The third-order valence-corrected chi connectivity index (χ3v) is 3.25. The Balaban J connectivity index is 3.92. The first-order chi connectivity index (χ1) is 10.9. The maximum absolute atomic E-state index is 11.7. The molecule has 0 aromatic carbocycles. The van der Waals surface area contributed by atoms with Crippen LogP contribution in [0.3, 0.4) is 0 Å². The van der Waals surface area contributed by atoms with E-state index >= 15 is 0 Å². The van der Waals surface area contributed by atoms with Gasteiger partial charge in [-0.3, -0.25) is 14.4 Å². The number of rotatable bonds is 15. The molecule has 0 aromatic heterocycles. The highest BCUT2D eigenvalue weighted by Crippen LogP contribution is 2.13. The van der Waals surface area contributed by atoms with Crippen molar-refractivity contribution in [1.82, 2.24) is 0 Å². The zero-order valence-electron chi connectivity index (χ0n) is 13.8. The van der Waals surface area contributed by atoms with E-state index in [0.29, 0.717) is 19.4 Å². The van der Waals surface area contributed by atoms with Crippen molar-refractivity contribution in [3.63, 3.8) is 0 Å². The average Bonchev–Trinajstić information content (AvgIpc) is 2.47. The molecule has 0 aliphatic rings. The number of unbranched alkanes of at least 4 members (excludes halogenated alkanes) is 1. The van der Waals surface area contributed by atoms with Gasteiger partial charge >= 0.3 is 5.97 Å². The Morgan fingerprint density at radius 3 is 2.22 bits per heavy atom. The van der Waals surface area contributed by atoms with Crippen LogP contribution >= 0.6 is 0 Å². The lowest BCUT2D eigenvalue weighted by Gasteiger charge is -2.10. The Morgan fingerprint density at radius 2 is 1.65 bits per heavy atom. The number of Topliss-reactive ketones (excluding diaryl/α,β-unsaturated/α-hetero) is 3. The maximum Gasteiger partial charge on any atom is 0.306 e. The summed E-state index contributed by atoms with van der Waals surface area (Å²) in [4.78, 5) is 45.1. The van der Waals surface area contributed by atoms with Crippen LogP contribution in [-0.4, -0.2) is 55.4 Å². The Morgan fingerprint density at radius 1 is 1.00 bits per heavy atom. The van der Waals surface area contributed by atoms with Gasteiger partial charge in [0, 0.05) is 33.0 Å². The summed E-state index contributed by atoms with van der Waals surface area (Å²) in [5.41, 5.74) is 0. The predicted octanol–water partition coefficient (Wildman–Crippen LogP) is 1.42. The maximum atomic E-state index is 11.7. The van der Waals surface area contributed by atoms with Gasteiger partial charge in [0.1, 0.15) is 19.0 Å². The molecule has 7 heteroatoms. The quantitative estimate of drug-likeness (QED) is 0.452. The SMILES string of the molecule is COCCCCC(=O)COCC(=O)C[C@@H](CCC(C)=O)C(=O)O. The zero-order valence-corrected chi connectivity index (χ0v) is 13.8. The predicted molar refractivity (Wildman–Crippen MR) is 82.2 cm³/mol. The highest BCUT2D eigenvalue weighted by molar-refractivity contribution is 5.85. The zero-order chi connectivity index (χ0) is 17.7. The topological polar surface area (TPSA) is 107 Å². The minimum Gasteiger partial charge on any atom is -0.481 e. The number of methoxy groups -OCH3 is 1. The average molecular weight is 330 g/mol. The number of hydrogen-bond acceptors (Lipinski definition) is 6. The monoisotopic (exact) mass is 330 g/mol. The van der Waals surface area contributed by atoms with Gasteiger partial charge in [-0.15, -0.1) is 0 Å². The van der Waals surface area contributed by atoms with Gasteiger partial charge < -0.3 is 19.4 Å². The van der Waals surface area contributed by atoms with Gasteiger partial charge in [0.05, 0.1) is 5.92 Å². The molecule has 0 unspecified atom stereocenters. The molecule has 1 atom stereocenters. The van der Waals surface area contributed by atoms with E-state index in [1.807, 2.05) is 0 Å². The second kappa shape index (κ2) is 12.9. The smallest absolute Gasteiger partial charge is 0.306 e. The second-order valence-corrected chi connectivity index (χ2v) is 5.50. The lowest BCUT2D eigenvalue weighted by atomic mass is 9.96. The fourth-order valence-electron chi connectivity index (χ4n) is 1.94. The molecule has 7 nitrogen and oxygen atoms in total. The molecule has 0 aliphatic heterocycles. The van der Waals surface area contributed by atoms with Crippen molar-refractivity contribution < 1.29 is 33.8 Å². The lowest BCUT2D eigenvalue weighted by molar-refractivity contribution is -0.145. The van der Waals surface area contributed by atoms with E-state index in [0.717, 1.165) is 6.42 Å². The van der Waals surface area contributed by atoms with Crippen LogP contribution in [-0.2, 0) is 28.7 Å². The van der Waals surface area contributed by atoms with E-state index < -0.39 is 11.9 Å². The number of carboxylic acids is 1. The van der Waals surface area contributed by atoms with E-state index in [9.17, 15) is 19.2 Å². The highest BCUT2D eigenvalue weighted by Gasteiger charge is 2.21. The number of aliphatic carboxylic acids is 1. The Bertz CT molecular complexity index is 403. The molecule has 23 heavy (non-hydrogen) atoms. The Labute approximate surface area is 136 Å². The molecule has 0 aliphatic carbocycles. The molecule has 0 heterocycles. The van der Waals surface area contributed by atoms with Gasteiger partial charge in [0.2, 0.25) is 0 Å². The van der Waals surface area contributed by atoms with Gasteiger partial charge in [0.25, 0.3) is 0 Å². The van der Waals surface area contributed by atoms with Crippen LogP contribution in [0.1, 0.15) is 45.4 Å². The molecule has 0 spiro atoms. The first-order valence-corrected chi connectivity index (χ1v) is 7.69. The van der Waals surface area contributed by atoms with Crippen molar-refractivity contribution >= 4 is 23.3 Å². The van der Waals surface area contributed by atoms with Crippen LogP contribution in [0.15, 0.2) is 0 Å². The third kappa shape index (κ3) is 12.6. The van der Waals surface area contributed by atoms with Crippen LogP contribution < -0.4 is 0 Å². The molecule has 0 saturated carbocycles. The minimum absolute atomic E-state index is 0.0970. The minimum atomic E-state index is -1.10. The van der Waals surface area contributed by atoms with Crippen LogP contribution in [0.25, 0.3) is 0 Å². The third-order valence-electron chi connectivity index (χ3n) is 3.25. The van der Waals surface area contributed by atoms with Gasteiger partial charge in [-0.2, -0.15) is 0 Å². The van der Waals surface area contributed by atoms with Crippen molar-refractivity contribution in [3.05, 3.63) is 0 Å². The molecule has 0 bridgehead atoms. The molecular weight excluding hydrogens is 304 g/mol. The van der Waals surface area contributed by atoms with Crippen LogP contribution in [0.4, 0.5) is 0 Å². The van der Waals surface area contributed by atoms with E-state index in [-0.39, 0.29) is 49.8 Å². The van der Waals surface area contributed by atoms with Crippen molar-refractivity contribution in [2.75, 3.05) is 26.9 Å². The largest absolute Gasteiger partial charge is 0.481 e. The highest BCUT2D eigenvalue weighted by atomic mass is 16.5. The van der Waals surface area contributed by atoms with Gasteiger partial charge in [0.15, 0.2) is 11.6 Å². The molecule has 132 valence electrons. The fraction of sp³-hybridized carbons (Fsp3) is 0.750. The van der Waals surface area contributed by atoms with Crippen molar-refractivity contribution in [3.8, 4) is 0 Å². The summed E-state index contributed by atoms with van der Waals surface area (Å²) in [5, 5.41) is 9.02. The number of hydrogen-bond donors (Lipinski definition) is 1. The van der Waals surface area contributed by atoms with E-state index in [4.69, 9.17) is 14.6 Å². The van der Waals surface area contributed by atoms with Crippen LogP contribution in [0.2, 0.25) is 0 Å². The first kappa shape index (κ1) is 21.4. The van der Waals surface area contributed by atoms with Gasteiger partial charge in [-0.25, -0.2) is 0 Å². The van der Waals surface area contributed by atoms with Crippen LogP contribution in [0, 0.1) is 5.92 Å². The summed E-state index contributed by atoms with van der Waals surface area (Å²) in [6.45, 7) is 1.54. The molecule has 0 fully saturated rings. The summed E-state index contributed by atoms with van der Waals surface area (Å²) >= 11 is 0. The molecule has 0 aromatic rings. The molecular formula is C16H26O7. The Hall–Kier alpha value is -1.60. The fourth-order valence-corrected chi connectivity index (χ4v) is 1.94. The molecule has 0 amide bonds. The summed E-state index contributed by atoms with van der Waals surface area (Å²) in [5.74, 6) is -2.58. The molecule has 0 radical (unpaired) electrons. The number of ketones is 3. The number of ether oxygens (including phenoxy) is 2. The Kier molecular flexibility index (Phi) is 12.0. The van der Waals surface area contributed by atoms with Gasteiger partial charge in [-0.05, 0) is 26.2 Å². The van der Waals surface area contributed by atoms with E-state index in [2.05, 4.69) is 0 Å². The summed E-state index contributed by atoms with van der Waals surface area (Å²) in [6, 6.07) is 0. The van der Waals surface area contributed by atoms with Gasteiger partial charge in [-0.1, -0.05) is 0 Å². The van der Waals surface area contributed by atoms with Crippen molar-refractivity contribution in [2.45, 2.75) is 45.4 Å². The van der Waals surface area contributed by atoms with Crippen LogP contribution in [0.5, 0.6) is 0 Å². The van der Waals surface area contributed by atoms with Crippen molar-refractivity contribution in [2.24, 2.45) is 5.92 Å². The molecule has 0 rings (SSSR count). The molecule has 1 N–H and O–H groups in total. The van der Waals surface area contributed by atoms with E-state index in [1.165, 1.54) is 6.92 Å². The standard InChI is InChI=1S/C16H26O7/c1-12(17)6-7-13(16(20)21)9-15(19)11-23-10-14(18)5-3-4-8-22-2/h13H,3-11H2,1-2H3,(H,20,21)/t13-/m1/s1. The van der Waals surface area contributed by atoms with Crippen molar-refractivity contribution in [1.29, 1.82) is 0 Å². The normalized spacial score (nSPS) is 11.9. The number of carboxylic acid groups (broad SMARTS) is 1. The number of carbonyl (C=O) groups is 4. The summed E-state index contributed by atoms with van der Waals surface area (Å²) in [7, 11) is 1.59. The second-order valence-electron chi connectivity index (χ2n) is 5.50. The number of carbonyl (C=O) groups excluding carboxylic acids is 3. The molecule has 0 saturated heterocycles. The first-order valence-electron chi connectivity index (χ1n) is 7.69. The summed E-state index contributed by atoms with van der Waals surface area (Å²) < 4.78 is 9.90. The van der Waals surface area contributed by atoms with E-state index in [1.54, 1.807) is 7.11 Å².